The molecule has 2 nitrogen and oxygen atoms in total. The number of likely N-dealkylation sites (tertiary alicyclic amines) is 1. The van der Waals surface area contributed by atoms with Crippen molar-refractivity contribution in [2.45, 2.75) is 32.2 Å². The molecular formula is C19H23NO. The predicted octanol–water partition coefficient (Wildman–Crippen LogP) is 4.17. The summed E-state index contributed by atoms with van der Waals surface area (Å²) in [6, 6.07) is 12.3. The van der Waals surface area contributed by atoms with Crippen LogP contribution in [0.3, 0.4) is 0 Å². The zero-order chi connectivity index (χ0) is 14.2. The van der Waals surface area contributed by atoms with Crippen LogP contribution >= 0.6 is 0 Å². The van der Waals surface area contributed by atoms with Gasteiger partial charge in [0.05, 0.1) is 0 Å². The highest BCUT2D eigenvalue weighted by Gasteiger charge is 2.30. The van der Waals surface area contributed by atoms with Crippen molar-refractivity contribution in [2.24, 2.45) is 11.8 Å². The molecule has 2 bridgehead atoms. The van der Waals surface area contributed by atoms with E-state index in [1.807, 2.05) is 18.2 Å². The minimum Gasteiger partial charge on any atom is -0.507 e. The average molecular weight is 281 g/mol. The van der Waals surface area contributed by atoms with Gasteiger partial charge >= 0.3 is 0 Å². The van der Waals surface area contributed by atoms with E-state index >= 15 is 0 Å². The van der Waals surface area contributed by atoms with Crippen LogP contribution < -0.4 is 0 Å². The van der Waals surface area contributed by atoms with Crippen LogP contribution in [0.4, 0.5) is 0 Å². The summed E-state index contributed by atoms with van der Waals surface area (Å²) in [5.74, 6) is 2.33. The molecule has 110 valence electrons. The molecule has 0 amide bonds. The lowest BCUT2D eigenvalue weighted by Crippen LogP contribution is -2.28. The number of phenolic OH excluding ortho intramolecular Hbond substituents is 1. The van der Waals surface area contributed by atoms with E-state index in [1.54, 1.807) is 0 Å². The second kappa shape index (κ2) is 5.34. The highest BCUT2D eigenvalue weighted by Crippen LogP contribution is 2.37. The van der Waals surface area contributed by atoms with Gasteiger partial charge in [0.1, 0.15) is 5.75 Å². The quantitative estimate of drug-likeness (QED) is 0.893. The predicted molar refractivity (Wildman–Crippen MR) is 86.3 cm³/mol. The first-order valence-electron chi connectivity index (χ1n) is 8.21. The van der Waals surface area contributed by atoms with Gasteiger partial charge in [-0.25, -0.2) is 0 Å². The first kappa shape index (κ1) is 13.1. The first-order chi connectivity index (χ1) is 10.3. The lowest BCUT2D eigenvalue weighted by molar-refractivity contribution is 0.227. The zero-order valence-corrected chi connectivity index (χ0v) is 12.5. The Morgan fingerprint density at radius 3 is 2.81 bits per heavy atom. The van der Waals surface area contributed by atoms with Crippen LogP contribution in [0.2, 0.25) is 0 Å². The molecule has 0 unspecified atom stereocenters. The molecule has 2 atom stereocenters. The number of aromatic hydroxyl groups is 1. The van der Waals surface area contributed by atoms with Crippen molar-refractivity contribution in [2.75, 3.05) is 13.1 Å². The van der Waals surface area contributed by atoms with Gasteiger partial charge in [0.25, 0.3) is 0 Å². The Balaban J connectivity index is 1.58. The minimum atomic E-state index is 0.475. The molecule has 0 aromatic heterocycles. The lowest BCUT2D eigenvalue weighted by Gasteiger charge is -2.25. The number of phenols is 1. The van der Waals surface area contributed by atoms with Crippen molar-refractivity contribution in [3.05, 3.63) is 42.0 Å². The highest BCUT2D eigenvalue weighted by molar-refractivity contribution is 5.89. The normalized spacial score (nSPS) is 26.1. The van der Waals surface area contributed by atoms with Crippen molar-refractivity contribution < 1.29 is 5.11 Å². The molecule has 1 saturated heterocycles. The molecule has 1 aliphatic heterocycles. The number of hydrogen-bond acceptors (Lipinski definition) is 2. The van der Waals surface area contributed by atoms with Crippen LogP contribution in [0.1, 0.15) is 31.2 Å². The Kier molecular flexibility index (Phi) is 3.34. The Bertz CT molecular complexity index is 651. The van der Waals surface area contributed by atoms with Crippen LogP contribution in [0.5, 0.6) is 5.75 Å². The third-order valence-electron chi connectivity index (χ3n) is 5.40. The van der Waals surface area contributed by atoms with Crippen LogP contribution in [-0.2, 0) is 6.54 Å². The summed E-state index contributed by atoms with van der Waals surface area (Å²) < 4.78 is 0. The fourth-order valence-corrected chi connectivity index (χ4v) is 4.24. The molecule has 2 aromatic carbocycles. The third-order valence-corrected chi connectivity index (χ3v) is 5.40. The topological polar surface area (TPSA) is 23.5 Å². The maximum atomic E-state index is 10.6. The molecule has 4 rings (SSSR count). The Morgan fingerprint density at radius 1 is 1.00 bits per heavy atom. The Hall–Kier alpha value is -1.54. The van der Waals surface area contributed by atoms with Crippen molar-refractivity contribution in [3.63, 3.8) is 0 Å². The molecule has 21 heavy (non-hydrogen) atoms. The fraction of sp³-hybridized carbons (Fsp3) is 0.474. The molecule has 2 heteroatoms. The number of hydrogen-bond donors (Lipinski definition) is 1. The van der Waals surface area contributed by atoms with Gasteiger partial charge in [-0.3, -0.25) is 4.90 Å². The van der Waals surface area contributed by atoms with E-state index in [1.165, 1.54) is 38.8 Å². The van der Waals surface area contributed by atoms with Gasteiger partial charge in [-0.05, 0) is 43.0 Å². The standard InChI is InChI=1S/C19H23NO/c21-19-17(8-7-16-3-1-2-4-18(16)19)13-20-10-9-14-5-6-15(11-14)12-20/h1-4,7-8,14-15,21H,5-6,9-13H2/t14-,15+/m1/s1. The largest absolute Gasteiger partial charge is 0.507 e. The molecule has 2 aliphatic rings. The fourth-order valence-electron chi connectivity index (χ4n) is 4.24. The summed E-state index contributed by atoms with van der Waals surface area (Å²) in [5.41, 5.74) is 1.08. The lowest BCUT2D eigenvalue weighted by atomic mass is 10.0. The van der Waals surface area contributed by atoms with E-state index < -0.39 is 0 Å². The summed E-state index contributed by atoms with van der Waals surface area (Å²) in [6.07, 6.45) is 5.62. The summed E-state index contributed by atoms with van der Waals surface area (Å²) in [7, 11) is 0. The summed E-state index contributed by atoms with van der Waals surface area (Å²) in [6.45, 7) is 3.29. The van der Waals surface area contributed by atoms with Crippen LogP contribution in [0.25, 0.3) is 10.8 Å². The zero-order valence-electron chi connectivity index (χ0n) is 12.5. The molecule has 1 aliphatic carbocycles. The second-order valence-corrected chi connectivity index (χ2v) is 6.86. The summed E-state index contributed by atoms with van der Waals surface area (Å²) in [4.78, 5) is 2.55. The van der Waals surface area contributed by atoms with Gasteiger partial charge in [0.2, 0.25) is 0 Å². The van der Waals surface area contributed by atoms with Crippen molar-refractivity contribution >= 4 is 10.8 Å². The average Bonchev–Trinajstić information content (AvgIpc) is 2.84. The van der Waals surface area contributed by atoms with Crippen LogP contribution in [0, 0.1) is 11.8 Å². The van der Waals surface area contributed by atoms with E-state index in [-0.39, 0.29) is 0 Å². The molecular weight excluding hydrogens is 258 g/mol. The van der Waals surface area contributed by atoms with E-state index in [2.05, 4.69) is 23.1 Å². The van der Waals surface area contributed by atoms with Crippen LogP contribution in [0.15, 0.2) is 36.4 Å². The molecule has 0 spiro atoms. The van der Waals surface area contributed by atoms with Crippen molar-refractivity contribution in [1.82, 2.24) is 4.90 Å². The van der Waals surface area contributed by atoms with Gasteiger partial charge in [-0.2, -0.15) is 0 Å². The summed E-state index contributed by atoms with van der Waals surface area (Å²) >= 11 is 0. The molecule has 1 saturated carbocycles. The number of rotatable bonds is 2. The molecule has 2 fully saturated rings. The molecule has 0 radical (unpaired) electrons. The molecule has 1 heterocycles. The van der Waals surface area contributed by atoms with Gasteiger partial charge in [0, 0.05) is 24.0 Å². The minimum absolute atomic E-state index is 0.475. The van der Waals surface area contributed by atoms with Gasteiger partial charge < -0.3 is 5.11 Å². The molecule has 1 N–H and O–H groups in total. The maximum Gasteiger partial charge on any atom is 0.127 e. The second-order valence-electron chi connectivity index (χ2n) is 6.86. The van der Waals surface area contributed by atoms with Crippen LogP contribution in [-0.4, -0.2) is 23.1 Å². The first-order valence-corrected chi connectivity index (χ1v) is 8.21. The third kappa shape index (κ3) is 2.53. The number of nitrogens with zero attached hydrogens (tertiary/aromatic N) is 1. The van der Waals surface area contributed by atoms with Gasteiger partial charge in [-0.15, -0.1) is 0 Å². The van der Waals surface area contributed by atoms with E-state index in [0.29, 0.717) is 5.75 Å². The van der Waals surface area contributed by atoms with Gasteiger partial charge in [-0.1, -0.05) is 42.8 Å². The monoisotopic (exact) mass is 281 g/mol. The smallest absolute Gasteiger partial charge is 0.127 e. The molecule has 2 aromatic rings. The number of fused-ring (bicyclic) bond motifs is 3. The summed E-state index contributed by atoms with van der Waals surface area (Å²) in [5, 5.41) is 12.7. The van der Waals surface area contributed by atoms with Crippen molar-refractivity contribution in [3.8, 4) is 5.75 Å². The SMILES string of the molecule is Oc1c(CN2CC[C@H]3CC[C@@H](C3)C2)ccc2ccccc12. The Morgan fingerprint density at radius 2 is 1.86 bits per heavy atom. The van der Waals surface area contributed by atoms with E-state index in [4.69, 9.17) is 0 Å². The number of benzene rings is 2. The van der Waals surface area contributed by atoms with E-state index in [9.17, 15) is 5.11 Å². The maximum absolute atomic E-state index is 10.6. The van der Waals surface area contributed by atoms with Crippen molar-refractivity contribution in [1.29, 1.82) is 0 Å². The highest BCUT2D eigenvalue weighted by atomic mass is 16.3. The Labute approximate surface area is 126 Å². The van der Waals surface area contributed by atoms with E-state index in [0.717, 1.165) is 34.7 Å². The van der Waals surface area contributed by atoms with Gasteiger partial charge in [0.15, 0.2) is 0 Å².